The number of carbonyl (C=O) groups is 2. The monoisotopic (exact) mass is 576 g/mol. The van der Waals surface area contributed by atoms with Gasteiger partial charge in [-0.15, -0.1) is 0 Å². The van der Waals surface area contributed by atoms with Crippen molar-refractivity contribution in [3.05, 3.63) is 70.6 Å². The summed E-state index contributed by atoms with van der Waals surface area (Å²) >= 11 is 0. The van der Waals surface area contributed by atoms with Crippen molar-refractivity contribution in [1.82, 2.24) is 0 Å². The van der Waals surface area contributed by atoms with Crippen LogP contribution in [-0.2, 0) is 14.3 Å². The molecule has 2 atom stereocenters. The normalized spacial score (nSPS) is 15.5. The molecular weight excluding hydrogens is 548 g/mol. The first-order valence-electron chi connectivity index (χ1n) is 12.9. The predicted molar refractivity (Wildman–Crippen MR) is 150 cm³/mol. The fourth-order valence-corrected chi connectivity index (χ4v) is 4.69. The smallest absolute Gasteiger partial charge is 0.308 e. The van der Waals surface area contributed by atoms with Gasteiger partial charge in [0.05, 0.1) is 32.3 Å². The first-order valence-corrected chi connectivity index (χ1v) is 12.9. The molecule has 1 aliphatic rings. The van der Waals surface area contributed by atoms with Crippen molar-refractivity contribution in [3.8, 4) is 45.6 Å². The third-order valence-corrected chi connectivity index (χ3v) is 6.64. The molecule has 4 aromatic rings. The van der Waals surface area contributed by atoms with Crippen molar-refractivity contribution in [2.24, 2.45) is 0 Å². The van der Waals surface area contributed by atoms with Gasteiger partial charge in [-0.05, 0) is 42.0 Å². The van der Waals surface area contributed by atoms with Crippen molar-refractivity contribution < 1.29 is 47.2 Å². The van der Waals surface area contributed by atoms with E-state index in [0.717, 1.165) is 0 Å². The Morgan fingerprint density at radius 3 is 2.21 bits per heavy atom. The van der Waals surface area contributed by atoms with Gasteiger partial charge < -0.3 is 37.6 Å². The van der Waals surface area contributed by atoms with Crippen LogP contribution in [0.15, 0.2) is 64.0 Å². The summed E-state index contributed by atoms with van der Waals surface area (Å²) in [6.45, 7) is 2.42. The fourth-order valence-electron chi connectivity index (χ4n) is 4.69. The number of methoxy groups -OCH3 is 3. The molecule has 1 aromatic heterocycles. The first-order chi connectivity index (χ1) is 20.2. The summed E-state index contributed by atoms with van der Waals surface area (Å²) in [5.41, 5.74) is 1.39. The maximum absolute atomic E-state index is 13.6. The van der Waals surface area contributed by atoms with E-state index in [2.05, 4.69) is 0 Å². The second-order valence-electron chi connectivity index (χ2n) is 9.32. The quantitative estimate of drug-likeness (QED) is 0.211. The minimum atomic E-state index is -0.827. The van der Waals surface area contributed by atoms with Gasteiger partial charge in [-0.25, -0.2) is 0 Å². The van der Waals surface area contributed by atoms with Crippen molar-refractivity contribution in [2.75, 3.05) is 27.9 Å². The largest absolute Gasteiger partial charge is 0.493 e. The summed E-state index contributed by atoms with van der Waals surface area (Å²) < 4.78 is 45.1. The van der Waals surface area contributed by atoms with E-state index in [1.807, 2.05) is 0 Å². The zero-order valence-electron chi connectivity index (χ0n) is 23.5. The first kappa shape index (κ1) is 28.3. The highest BCUT2D eigenvalue weighted by molar-refractivity contribution is 5.88. The summed E-state index contributed by atoms with van der Waals surface area (Å²) in [7, 11) is 4.49. The highest BCUT2D eigenvalue weighted by Crippen LogP contribution is 2.45. The lowest BCUT2D eigenvalue weighted by Gasteiger charge is -2.34. The molecule has 0 bridgehead atoms. The third kappa shape index (κ3) is 5.40. The number of ether oxygens (including phenoxy) is 7. The zero-order chi connectivity index (χ0) is 30.0. The van der Waals surface area contributed by atoms with Crippen LogP contribution in [0.2, 0.25) is 0 Å². The number of carbonyl (C=O) groups excluding carboxylic acids is 2. The van der Waals surface area contributed by atoms with Crippen LogP contribution >= 0.6 is 0 Å². The Hall–Kier alpha value is -5.19. The maximum atomic E-state index is 13.6. The lowest BCUT2D eigenvalue weighted by Crippen LogP contribution is -2.37. The summed E-state index contributed by atoms with van der Waals surface area (Å²) in [6, 6.07) is 13.3. The highest BCUT2D eigenvalue weighted by Gasteiger charge is 2.36. The van der Waals surface area contributed by atoms with Gasteiger partial charge in [0.2, 0.25) is 11.2 Å². The maximum Gasteiger partial charge on any atom is 0.308 e. The molecule has 11 nitrogen and oxygen atoms in total. The average Bonchev–Trinajstić information content (AvgIpc) is 2.99. The molecule has 0 amide bonds. The molecule has 3 aromatic carbocycles. The molecule has 1 aliphatic heterocycles. The SMILES string of the molecule is COc1ccc(-c2coc3c4c(ccc3c2=O)OC(c2ccc(OC(C)=O)c(OC)c2)C(COC(C)=O)O4)cc1OC. The Bertz CT molecular complexity index is 1720. The number of hydrogen-bond donors (Lipinski definition) is 0. The van der Waals surface area contributed by atoms with Crippen molar-refractivity contribution in [3.63, 3.8) is 0 Å². The highest BCUT2D eigenvalue weighted by atomic mass is 16.6. The molecule has 42 heavy (non-hydrogen) atoms. The lowest BCUT2D eigenvalue weighted by atomic mass is 10.0. The number of rotatable bonds is 8. The summed E-state index contributed by atoms with van der Waals surface area (Å²) in [5, 5.41) is 0.265. The summed E-state index contributed by atoms with van der Waals surface area (Å²) in [5.74, 6) is 1.04. The van der Waals surface area contributed by atoms with Gasteiger partial charge in [0.25, 0.3) is 0 Å². The third-order valence-electron chi connectivity index (χ3n) is 6.64. The predicted octanol–water partition coefficient (Wildman–Crippen LogP) is 4.86. The van der Waals surface area contributed by atoms with Crippen LogP contribution in [0.3, 0.4) is 0 Å². The van der Waals surface area contributed by atoms with Gasteiger partial charge in [-0.2, -0.15) is 0 Å². The Labute approximate surface area is 240 Å². The molecule has 0 radical (unpaired) electrons. The van der Waals surface area contributed by atoms with E-state index in [1.165, 1.54) is 41.4 Å². The van der Waals surface area contributed by atoms with Gasteiger partial charge in [0, 0.05) is 19.4 Å². The van der Waals surface area contributed by atoms with Gasteiger partial charge in [-0.1, -0.05) is 12.1 Å². The molecule has 2 heterocycles. The van der Waals surface area contributed by atoms with Crippen LogP contribution in [0.4, 0.5) is 0 Å². The molecule has 5 rings (SSSR count). The number of fused-ring (bicyclic) bond motifs is 3. The topological polar surface area (TPSA) is 129 Å². The summed E-state index contributed by atoms with van der Waals surface area (Å²) in [4.78, 5) is 36.7. The molecule has 0 spiro atoms. The van der Waals surface area contributed by atoms with E-state index in [0.29, 0.717) is 39.7 Å². The minimum Gasteiger partial charge on any atom is -0.493 e. The van der Waals surface area contributed by atoms with Crippen LogP contribution in [0.25, 0.3) is 22.1 Å². The van der Waals surface area contributed by atoms with Crippen LogP contribution in [0.1, 0.15) is 25.5 Å². The molecule has 0 saturated heterocycles. The Balaban J connectivity index is 1.56. The Morgan fingerprint density at radius 2 is 1.52 bits per heavy atom. The number of hydrogen-bond acceptors (Lipinski definition) is 11. The standard InChI is InChI=1S/C31H28O11/c1-16(32)38-15-27-29(19-7-10-23(40-17(2)33)26(13-19)37-5)41-24-11-8-20-28(34)21(14-39-30(20)31(24)42-27)18-6-9-22(35-3)25(12-18)36-4/h6-14,27,29H,15H2,1-5H3. The second kappa shape index (κ2) is 11.7. The Morgan fingerprint density at radius 1 is 0.810 bits per heavy atom. The second-order valence-corrected chi connectivity index (χ2v) is 9.32. The lowest BCUT2D eigenvalue weighted by molar-refractivity contribution is -0.145. The van der Waals surface area contributed by atoms with E-state index in [-0.39, 0.29) is 34.5 Å². The van der Waals surface area contributed by atoms with Crippen molar-refractivity contribution in [1.29, 1.82) is 0 Å². The van der Waals surface area contributed by atoms with E-state index in [1.54, 1.807) is 48.5 Å². The molecule has 218 valence electrons. The Kier molecular flexibility index (Phi) is 7.92. The minimum absolute atomic E-state index is 0.155. The average molecular weight is 577 g/mol. The number of esters is 2. The molecule has 11 heteroatoms. The zero-order valence-corrected chi connectivity index (χ0v) is 23.5. The van der Waals surface area contributed by atoms with E-state index in [4.69, 9.17) is 37.6 Å². The van der Waals surface area contributed by atoms with Crippen molar-refractivity contribution in [2.45, 2.75) is 26.1 Å². The van der Waals surface area contributed by atoms with Crippen LogP contribution in [0.5, 0.6) is 34.5 Å². The van der Waals surface area contributed by atoms with E-state index < -0.39 is 24.1 Å². The van der Waals surface area contributed by atoms with Crippen LogP contribution in [0, 0.1) is 0 Å². The number of benzene rings is 3. The van der Waals surface area contributed by atoms with Gasteiger partial charge in [-0.3, -0.25) is 14.4 Å². The van der Waals surface area contributed by atoms with E-state index >= 15 is 0 Å². The van der Waals surface area contributed by atoms with Crippen molar-refractivity contribution >= 4 is 22.9 Å². The van der Waals surface area contributed by atoms with Crippen LogP contribution in [-0.4, -0.2) is 46.0 Å². The molecule has 2 unspecified atom stereocenters. The fraction of sp³-hybridized carbons (Fsp3) is 0.258. The molecule has 0 N–H and O–H groups in total. The molecule has 0 saturated carbocycles. The van der Waals surface area contributed by atoms with Crippen LogP contribution < -0.4 is 33.8 Å². The molecular formula is C31H28O11. The van der Waals surface area contributed by atoms with Gasteiger partial charge in [0.15, 0.2) is 46.5 Å². The van der Waals surface area contributed by atoms with E-state index in [9.17, 15) is 14.4 Å². The summed E-state index contributed by atoms with van der Waals surface area (Å²) in [6.07, 6.45) is -0.235. The van der Waals surface area contributed by atoms with Gasteiger partial charge in [0.1, 0.15) is 12.9 Å². The molecule has 0 fully saturated rings. The van der Waals surface area contributed by atoms with Gasteiger partial charge >= 0.3 is 11.9 Å². The molecule has 0 aliphatic carbocycles.